The number of ether oxygens (including phenoxy) is 1. The Hall–Kier alpha value is -2.04. The number of methoxy groups -OCH3 is 1. The average Bonchev–Trinajstić information content (AvgIpc) is 2.17. The zero-order chi connectivity index (χ0) is 12.3. The van der Waals surface area contributed by atoms with Crippen molar-refractivity contribution in [3.8, 4) is 5.75 Å². The van der Waals surface area contributed by atoms with Crippen molar-refractivity contribution < 1.29 is 24.5 Å². The molecule has 0 aliphatic carbocycles. The number of carboxylic acids is 2. The van der Waals surface area contributed by atoms with Crippen LogP contribution in [-0.4, -0.2) is 29.3 Å². The Morgan fingerprint density at radius 3 is 2.25 bits per heavy atom. The van der Waals surface area contributed by atoms with E-state index in [0.717, 1.165) is 5.56 Å². The topological polar surface area (TPSA) is 83.8 Å². The highest BCUT2D eigenvalue weighted by molar-refractivity contribution is 5.99. The molecule has 0 heterocycles. The number of hydrogen-bond donors (Lipinski definition) is 2. The van der Waals surface area contributed by atoms with E-state index < -0.39 is 17.9 Å². The van der Waals surface area contributed by atoms with Crippen LogP contribution in [0.4, 0.5) is 0 Å². The van der Waals surface area contributed by atoms with Crippen LogP contribution in [-0.2, 0) is 9.59 Å². The van der Waals surface area contributed by atoms with Crippen molar-refractivity contribution in [3.05, 3.63) is 29.3 Å². The number of benzene rings is 1. The minimum atomic E-state index is -1.60. The summed E-state index contributed by atoms with van der Waals surface area (Å²) >= 11 is 0. The monoisotopic (exact) mass is 224 g/mol. The van der Waals surface area contributed by atoms with E-state index in [1.165, 1.54) is 13.2 Å². The number of aryl methyl sites for hydroxylation is 1. The van der Waals surface area contributed by atoms with E-state index in [4.69, 9.17) is 14.9 Å². The van der Waals surface area contributed by atoms with Crippen LogP contribution in [0.15, 0.2) is 18.2 Å². The average molecular weight is 224 g/mol. The lowest BCUT2D eigenvalue weighted by Crippen LogP contribution is -2.21. The molecule has 86 valence electrons. The van der Waals surface area contributed by atoms with Gasteiger partial charge in [0, 0.05) is 5.56 Å². The molecule has 0 saturated heterocycles. The molecular weight excluding hydrogens is 212 g/mol. The molecule has 16 heavy (non-hydrogen) atoms. The maximum Gasteiger partial charge on any atom is 0.322 e. The fourth-order valence-electron chi connectivity index (χ4n) is 1.45. The molecule has 0 saturated carbocycles. The second kappa shape index (κ2) is 4.65. The van der Waals surface area contributed by atoms with Gasteiger partial charge < -0.3 is 14.9 Å². The summed E-state index contributed by atoms with van der Waals surface area (Å²) in [5.74, 6) is -4.15. The van der Waals surface area contributed by atoms with Gasteiger partial charge in [-0.3, -0.25) is 9.59 Å². The van der Waals surface area contributed by atoms with Gasteiger partial charge in [-0.15, -0.1) is 0 Å². The van der Waals surface area contributed by atoms with Gasteiger partial charge in [-0.25, -0.2) is 0 Å². The second-order valence-electron chi connectivity index (χ2n) is 3.35. The molecule has 0 fully saturated rings. The van der Waals surface area contributed by atoms with Crippen LogP contribution in [0.5, 0.6) is 5.75 Å². The van der Waals surface area contributed by atoms with Crippen LogP contribution >= 0.6 is 0 Å². The lowest BCUT2D eigenvalue weighted by Gasteiger charge is -2.13. The largest absolute Gasteiger partial charge is 0.496 e. The Bertz CT molecular complexity index is 410. The Balaban J connectivity index is 3.32. The third kappa shape index (κ3) is 2.31. The van der Waals surface area contributed by atoms with Crippen molar-refractivity contribution >= 4 is 11.9 Å². The van der Waals surface area contributed by atoms with E-state index in [0.29, 0.717) is 0 Å². The molecule has 0 atom stereocenters. The number of carboxylic acid groups (broad SMARTS) is 2. The highest BCUT2D eigenvalue weighted by Crippen LogP contribution is 2.28. The Labute approximate surface area is 92.3 Å². The predicted molar refractivity (Wildman–Crippen MR) is 55.7 cm³/mol. The number of hydrogen-bond acceptors (Lipinski definition) is 3. The first kappa shape index (κ1) is 12.0. The van der Waals surface area contributed by atoms with Gasteiger partial charge in [0.15, 0.2) is 5.92 Å². The lowest BCUT2D eigenvalue weighted by atomic mass is 9.96. The van der Waals surface area contributed by atoms with Crippen LogP contribution in [0.2, 0.25) is 0 Å². The quantitative estimate of drug-likeness (QED) is 0.752. The van der Waals surface area contributed by atoms with E-state index in [-0.39, 0.29) is 11.3 Å². The SMILES string of the molecule is COc1ccc(C)cc1C(C(=O)O)C(=O)O. The highest BCUT2D eigenvalue weighted by atomic mass is 16.5. The van der Waals surface area contributed by atoms with E-state index in [1.54, 1.807) is 19.1 Å². The fraction of sp³-hybridized carbons (Fsp3) is 0.273. The van der Waals surface area contributed by atoms with Crippen LogP contribution in [0.3, 0.4) is 0 Å². The van der Waals surface area contributed by atoms with Crippen LogP contribution < -0.4 is 4.74 Å². The van der Waals surface area contributed by atoms with Crippen LogP contribution in [0.1, 0.15) is 17.0 Å². The molecule has 5 heteroatoms. The van der Waals surface area contributed by atoms with Crippen molar-refractivity contribution in [1.29, 1.82) is 0 Å². The first-order valence-corrected chi connectivity index (χ1v) is 4.57. The maximum absolute atomic E-state index is 10.9. The predicted octanol–water partition coefficient (Wildman–Crippen LogP) is 1.26. The van der Waals surface area contributed by atoms with Crippen molar-refractivity contribution in [1.82, 2.24) is 0 Å². The van der Waals surface area contributed by atoms with E-state index in [1.807, 2.05) is 0 Å². The fourth-order valence-corrected chi connectivity index (χ4v) is 1.45. The Morgan fingerprint density at radius 1 is 1.25 bits per heavy atom. The molecule has 0 amide bonds. The molecule has 5 nitrogen and oxygen atoms in total. The van der Waals surface area contributed by atoms with Gasteiger partial charge in [-0.05, 0) is 13.0 Å². The van der Waals surface area contributed by atoms with Crippen molar-refractivity contribution in [2.24, 2.45) is 0 Å². The molecule has 0 aliphatic rings. The smallest absolute Gasteiger partial charge is 0.322 e. The third-order valence-electron chi connectivity index (χ3n) is 2.19. The number of carbonyl (C=O) groups is 2. The van der Waals surface area contributed by atoms with Gasteiger partial charge in [0.05, 0.1) is 7.11 Å². The highest BCUT2D eigenvalue weighted by Gasteiger charge is 2.30. The summed E-state index contributed by atoms with van der Waals surface area (Å²) < 4.78 is 4.95. The minimum Gasteiger partial charge on any atom is -0.496 e. The first-order chi connectivity index (χ1) is 7.47. The van der Waals surface area contributed by atoms with Gasteiger partial charge in [0.1, 0.15) is 5.75 Å². The summed E-state index contributed by atoms with van der Waals surface area (Å²) in [7, 11) is 1.37. The summed E-state index contributed by atoms with van der Waals surface area (Å²) in [5, 5.41) is 17.7. The Morgan fingerprint density at radius 2 is 1.81 bits per heavy atom. The summed E-state index contributed by atoms with van der Waals surface area (Å²) in [6, 6.07) is 4.79. The summed E-state index contributed by atoms with van der Waals surface area (Å²) in [6.45, 7) is 1.75. The first-order valence-electron chi connectivity index (χ1n) is 4.57. The van der Waals surface area contributed by atoms with Crippen LogP contribution in [0.25, 0.3) is 0 Å². The van der Waals surface area contributed by atoms with E-state index >= 15 is 0 Å². The lowest BCUT2D eigenvalue weighted by molar-refractivity contribution is -0.150. The van der Waals surface area contributed by atoms with Gasteiger partial charge in [-0.1, -0.05) is 17.7 Å². The standard InChI is InChI=1S/C11H12O5/c1-6-3-4-8(16-2)7(5-6)9(10(12)13)11(14)15/h3-5,9H,1-2H3,(H,12,13)(H,14,15). The Kier molecular flexibility index (Phi) is 3.50. The summed E-state index contributed by atoms with van der Waals surface area (Å²) in [4.78, 5) is 21.8. The molecule has 1 rings (SSSR count). The van der Waals surface area contributed by atoms with Gasteiger partial charge in [0.25, 0.3) is 0 Å². The van der Waals surface area contributed by atoms with Gasteiger partial charge in [0.2, 0.25) is 0 Å². The van der Waals surface area contributed by atoms with Gasteiger partial charge in [-0.2, -0.15) is 0 Å². The summed E-state index contributed by atoms with van der Waals surface area (Å²) in [6.07, 6.45) is 0. The molecule has 0 spiro atoms. The molecule has 0 radical (unpaired) electrons. The van der Waals surface area contributed by atoms with Crippen LogP contribution in [0, 0.1) is 6.92 Å². The summed E-state index contributed by atoms with van der Waals surface area (Å²) in [5.41, 5.74) is 0.936. The number of aliphatic carboxylic acids is 2. The second-order valence-corrected chi connectivity index (χ2v) is 3.35. The molecule has 1 aromatic rings. The molecule has 1 aromatic carbocycles. The molecule has 0 aromatic heterocycles. The van der Waals surface area contributed by atoms with Gasteiger partial charge >= 0.3 is 11.9 Å². The maximum atomic E-state index is 10.9. The minimum absolute atomic E-state index is 0.155. The molecule has 0 aliphatic heterocycles. The van der Waals surface area contributed by atoms with E-state index in [9.17, 15) is 9.59 Å². The molecule has 0 unspecified atom stereocenters. The number of rotatable bonds is 4. The zero-order valence-corrected chi connectivity index (χ0v) is 8.93. The van der Waals surface area contributed by atoms with Crippen molar-refractivity contribution in [3.63, 3.8) is 0 Å². The third-order valence-corrected chi connectivity index (χ3v) is 2.19. The molecular formula is C11H12O5. The normalized spacial score (nSPS) is 10.2. The van der Waals surface area contributed by atoms with E-state index in [2.05, 4.69) is 0 Å². The molecule has 2 N–H and O–H groups in total. The zero-order valence-electron chi connectivity index (χ0n) is 8.93. The molecule has 0 bridgehead atoms. The van der Waals surface area contributed by atoms with Crippen molar-refractivity contribution in [2.45, 2.75) is 12.8 Å². The van der Waals surface area contributed by atoms with Crippen molar-refractivity contribution in [2.75, 3.05) is 7.11 Å².